The second kappa shape index (κ2) is 11.0. The summed E-state index contributed by atoms with van der Waals surface area (Å²) in [5, 5.41) is 19.4. The van der Waals surface area contributed by atoms with Crippen molar-refractivity contribution in [2.45, 2.75) is 36.3 Å². The molecule has 188 valence electrons. The van der Waals surface area contributed by atoms with Crippen molar-refractivity contribution in [2.75, 3.05) is 12.3 Å². The Bertz CT molecular complexity index is 1170. The van der Waals surface area contributed by atoms with E-state index in [2.05, 4.69) is 10.8 Å². The van der Waals surface area contributed by atoms with Crippen LogP contribution in [-0.4, -0.2) is 54.5 Å². The number of benzene rings is 2. The Kier molecular flexibility index (Phi) is 8.22. The number of carboxylic acid groups (broad SMARTS) is 1. The molecule has 2 aromatic rings. The highest BCUT2D eigenvalue weighted by Gasteiger charge is 2.47. The number of amides is 1. The second-order valence-corrected chi connectivity index (χ2v) is 10.8. The standard InChI is InChI=1S/C23H29N5O6S/c24-21(25)17-8-6-16(7-9-17)19-12-18(34-28-19)13-20(29)27-14-23(26,22(30)31)35(32,33)11-10-15-4-2-1-3-5-15/h1-9,18-19,28H,10-14,26H2,(H3,24,25)(H,27,29)(H,30,31)/t18-,19+,23+/m1/s1. The summed E-state index contributed by atoms with van der Waals surface area (Å²) in [6, 6.07) is 15.6. The number of nitrogen functional groups attached to an aromatic ring is 1. The Morgan fingerprint density at radius 2 is 1.83 bits per heavy atom. The lowest BCUT2D eigenvalue weighted by atomic mass is 9.99. The highest BCUT2D eigenvalue weighted by atomic mass is 32.2. The van der Waals surface area contributed by atoms with Gasteiger partial charge in [0.2, 0.25) is 10.8 Å². The van der Waals surface area contributed by atoms with Crippen LogP contribution in [0.25, 0.3) is 0 Å². The van der Waals surface area contributed by atoms with Gasteiger partial charge in [-0.05, 0) is 24.0 Å². The highest BCUT2D eigenvalue weighted by molar-refractivity contribution is 7.93. The van der Waals surface area contributed by atoms with Gasteiger partial charge in [-0.2, -0.15) is 5.48 Å². The molecule has 3 rings (SSSR count). The average molecular weight is 504 g/mol. The van der Waals surface area contributed by atoms with Crippen molar-refractivity contribution in [1.29, 1.82) is 5.41 Å². The first-order valence-electron chi connectivity index (χ1n) is 10.9. The van der Waals surface area contributed by atoms with Crippen LogP contribution in [0.3, 0.4) is 0 Å². The Morgan fingerprint density at radius 1 is 1.17 bits per heavy atom. The van der Waals surface area contributed by atoms with E-state index in [-0.39, 0.29) is 24.7 Å². The van der Waals surface area contributed by atoms with E-state index < -0.39 is 45.0 Å². The minimum atomic E-state index is -4.30. The van der Waals surface area contributed by atoms with Crippen LogP contribution in [0.4, 0.5) is 0 Å². The van der Waals surface area contributed by atoms with Gasteiger partial charge >= 0.3 is 5.97 Å². The lowest BCUT2D eigenvalue weighted by Gasteiger charge is -2.25. The molecular weight excluding hydrogens is 474 g/mol. The number of aryl methyl sites for hydroxylation is 1. The summed E-state index contributed by atoms with van der Waals surface area (Å²) in [6.45, 7) is -0.769. The number of hydrogen-bond acceptors (Lipinski definition) is 8. The van der Waals surface area contributed by atoms with Crippen LogP contribution in [0, 0.1) is 5.41 Å². The fourth-order valence-corrected chi connectivity index (χ4v) is 5.09. The molecule has 8 N–H and O–H groups in total. The third kappa shape index (κ3) is 6.42. The van der Waals surface area contributed by atoms with Gasteiger partial charge in [0.1, 0.15) is 5.84 Å². The van der Waals surface area contributed by atoms with Crippen LogP contribution in [0.15, 0.2) is 54.6 Å². The molecule has 0 bridgehead atoms. The number of hydroxylamine groups is 1. The minimum Gasteiger partial charge on any atom is -0.479 e. The van der Waals surface area contributed by atoms with Crippen LogP contribution in [0.1, 0.15) is 35.6 Å². The topological polar surface area (TPSA) is 198 Å². The van der Waals surface area contributed by atoms with Crippen molar-refractivity contribution < 1.29 is 28.0 Å². The van der Waals surface area contributed by atoms with Crippen molar-refractivity contribution in [1.82, 2.24) is 10.8 Å². The van der Waals surface area contributed by atoms with E-state index in [0.717, 1.165) is 11.1 Å². The first-order chi connectivity index (χ1) is 16.5. The van der Waals surface area contributed by atoms with E-state index in [4.69, 9.17) is 21.7 Å². The number of rotatable bonds is 11. The van der Waals surface area contributed by atoms with Gasteiger partial charge in [-0.25, -0.2) is 13.2 Å². The fourth-order valence-electron chi connectivity index (χ4n) is 3.67. The van der Waals surface area contributed by atoms with E-state index in [0.29, 0.717) is 12.0 Å². The summed E-state index contributed by atoms with van der Waals surface area (Å²) in [5.74, 6) is -2.84. The molecule has 2 aromatic carbocycles. The van der Waals surface area contributed by atoms with E-state index >= 15 is 0 Å². The minimum absolute atomic E-state index is 0.0406. The maximum atomic E-state index is 12.8. The molecule has 0 aromatic heterocycles. The number of sulfone groups is 1. The molecule has 0 aliphatic carbocycles. The van der Waals surface area contributed by atoms with Gasteiger partial charge in [-0.3, -0.25) is 15.0 Å². The molecule has 3 atom stereocenters. The molecule has 1 saturated heterocycles. The third-order valence-electron chi connectivity index (χ3n) is 5.88. The number of nitrogens with one attached hydrogen (secondary N) is 3. The van der Waals surface area contributed by atoms with Crippen molar-refractivity contribution in [3.05, 3.63) is 71.3 Å². The molecule has 1 heterocycles. The fraction of sp³-hybridized carbons (Fsp3) is 0.348. The zero-order valence-corrected chi connectivity index (χ0v) is 19.8. The summed E-state index contributed by atoms with van der Waals surface area (Å²) >= 11 is 0. The first-order valence-corrected chi connectivity index (χ1v) is 12.6. The SMILES string of the molecule is N=C(N)c1ccc([C@@H]2C[C@H](CC(=O)NC[C@@](N)(C(=O)O)S(=O)(=O)CCc3ccccc3)ON2)cc1. The molecule has 35 heavy (non-hydrogen) atoms. The zero-order chi connectivity index (χ0) is 25.6. The molecular formula is C23H29N5O6S. The van der Waals surface area contributed by atoms with Gasteiger partial charge in [0, 0.05) is 5.56 Å². The quantitative estimate of drug-likeness (QED) is 0.183. The molecule has 0 unspecified atom stereocenters. The van der Waals surface area contributed by atoms with Crippen LogP contribution in [0.5, 0.6) is 0 Å². The van der Waals surface area contributed by atoms with Crippen molar-refractivity contribution in [2.24, 2.45) is 11.5 Å². The van der Waals surface area contributed by atoms with Gasteiger partial charge in [-0.1, -0.05) is 54.6 Å². The predicted molar refractivity (Wildman–Crippen MR) is 129 cm³/mol. The van der Waals surface area contributed by atoms with E-state index in [1.165, 1.54) is 0 Å². The Hall–Kier alpha value is -3.32. The molecule has 1 fully saturated rings. The lowest BCUT2D eigenvalue weighted by Crippen LogP contribution is -2.62. The van der Waals surface area contributed by atoms with Crippen LogP contribution in [0.2, 0.25) is 0 Å². The molecule has 1 amide bonds. The molecule has 0 spiro atoms. The number of amidine groups is 1. The molecule has 11 nitrogen and oxygen atoms in total. The molecule has 1 aliphatic heterocycles. The van der Waals surface area contributed by atoms with E-state index in [9.17, 15) is 23.1 Å². The van der Waals surface area contributed by atoms with Gasteiger partial charge < -0.3 is 21.9 Å². The van der Waals surface area contributed by atoms with Crippen LogP contribution >= 0.6 is 0 Å². The predicted octanol–water partition coefficient (Wildman–Crippen LogP) is 0.209. The molecule has 1 aliphatic rings. The number of nitrogens with two attached hydrogens (primary N) is 2. The van der Waals surface area contributed by atoms with Crippen molar-refractivity contribution in [3.63, 3.8) is 0 Å². The summed E-state index contributed by atoms with van der Waals surface area (Å²) in [7, 11) is -4.30. The van der Waals surface area contributed by atoms with Gasteiger partial charge in [-0.15, -0.1) is 0 Å². The maximum absolute atomic E-state index is 12.8. The summed E-state index contributed by atoms with van der Waals surface area (Å²) in [5.41, 5.74) is 16.3. The number of hydrogen-bond donors (Lipinski definition) is 6. The number of carboxylic acids is 1. The van der Waals surface area contributed by atoms with Crippen LogP contribution < -0.4 is 22.3 Å². The van der Waals surface area contributed by atoms with E-state index in [1.54, 1.807) is 54.6 Å². The van der Waals surface area contributed by atoms with Crippen molar-refractivity contribution in [3.8, 4) is 0 Å². The lowest BCUT2D eigenvalue weighted by molar-refractivity contribution is -0.140. The van der Waals surface area contributed by atoms with Gasteiger partial charge in [0.25, 0.3) is 0 Å². The monoisotopic (exact) mass is 503 g/mol. The highest BCUT2D eigenvalue weighted by Crippen LogP contribution is 2.27. The third-order valence-corrected chi connectivity index (χ3v) is 8.05. The summed E-state index contributed by atoms with van der Waals surface area (Å²) < 4.78 is 25.6. The molecule has 12 heteroatoms. The number of carbonyl (C=O) groups is 2. The second-order valence-electron chi connectivity index (χ2n) is 8.41. The number of aliphatic carboxylic acids is 1. The average Bonchev–Trinajstić information content (AvgIpc) is 3.30. The van der Waals surface area contributed by atoms with Crippen LogP contribution in [-0.2, 0) is 30.7 Å². The molecule has 0 radical (unpaired) electrons. The summed E-state index contributed by atoms with van der Waals surface area (Å²) in [6.07, 6.45) is -0.0807. The van der Waals surface area contributed by atoms with Gasteiger partial charge in [0.15, 0.2) is 9.84 Å². The van der Waals surface area contributed by atoms with E-state index in [1.807, 2.05) is 0 Å². The maximum Gasteiger partial charge on any atom is 0.341 e. The Morgan fingerprint density at radius 3 is 2.43 bits per heavy atom. The van der Waals surface area contributed by atoms with Crippen molar-refractivity contribution >= 4 is 27.5 Å². The largest absolute Gasteiger partial charge is 0.479 e. The summed E-state index contributed by atoms with van der Waals surface area (Å²) in [4.78, 5) is 27.0. The first kappa shape index (κ1) is 26.3. The zero-order valence-electron chi connectivity index (χ0n) is 18.9. The Labute approximate surface area is 203 Å². The molecule has 0 saturated carbocycles. The number of carbonyl (C=O) groups excluding carboxylic acids is 1. The normalized spacial score (nSPS) is 19.6. The smallest absolute Gasteiger partial charge is 0.341 e. The Balaban J connectivity index is 1.54. The van der Waals surface area contributed by atoms with Gasteiger partial charge in [0.05, 0.1) is 30.9 Å².